The Hall–Kier alpha value is -0.550. The van der Waals surface area contributed by atoms with Gasteiger partial charge in [-0.05, 0) is 30.2 Å². The number of nitrogens with two attached hydrogens (primary N) is 1. The molecule has 0 radical (unpaired) electrons. The predicted molar refractivity (Wildman–Crippen MR) is 51.9 cm³/mol. The van der Waals surface area contributed by atoms with Gasteiger partial charge in [-0.2, -0.15) is 13.2 Å². The molecule has 2 N–H and O–H groups in total. The number of hydrogen-bond acceptors (Lipinski definition) is 1. The van der Waals surface area contributed by atoms with Crippen LogP contribution in [-0.4, -0.2) is 6.18 Å². The van der Waals surface area contributed by atoms with Gasteiger partial charge >= 0.3 is 6.18 Å². The molecule has 5 heteroatoms. The summed E-state index contributed by atoms with van der Waals surface area (Å²) in [7, 11) is 0. The summed E-state index contributed by atoms with van der Waals surface area (Å²) in [4.78, 5) is 0. The van der Waals surface area contributed by atoms with Gasteiger partial charge in [-0.25, -0.2) is 0 Å². The van der Waals surface area contributed by atoms with Crippen LogP contribution in [0.2, 0.25) is 0 Å². The van der Waals surface area contributed by atoms with E-state index in [0.29, 0.717) is 10.0 Å². The van der Waals surface area contributed by atoms with E-state index in [0.717, 1.165) is 0 Å². The maximum atomic E-state index is 12.3. The van der Waals surface area contributed by atoms with Crippen LogP contribution in [0.5, 0.6) is 0 Å². The van der Waals surface area contributed by atoms with Crippen LogP contribution in [0.4, 0.5) is 13.2 Å². The summed E-state index contributed by atoms with van der Waals surface area (Å²) in [6.07, 6.45) is -4.40. The molecule has 0 fully saturated rings. The summed E-state index contributed by atoms with van der Waals surface area (Å²) in [6.45, 7) is 1.60. The maximum absolute atomic E-state index is 12.3. The first-order chi connectivity index (χ1) is 6.32. The molecular formula is C9H9BrF3N. The molecule has 1 aromatic rings. The van der Waals surface area contributed by atoms with Crippen molar-refractivity contribution in [3.8, 4) is 0 Å². The highest BCUT2D eigenvalue weighted by Crippen LogP contribution is 2.33. The first-order valence-electron chi connectivity index (χ1n) is 3.90. The summed E-state index contributed by atoms with van der Waals surface area (Å²) >= 11 is 3.11. The first kappa shape index (κ1) is 11.5. The molecule has 0 bridgehead atoms. The van der Waals surface area contributed by atoms with E-state index in [1.54, 1.807) is 19.1 Å². The second-order valence-corrected chi connectivity index (χ2v) is 3.94. The third-order valence-corrected chi connectivity index (χ3v) is 2.42. The topological polar surface area (TPSA) is 26.0 Å². The molecule has 14 heavy (non-hydrogen) atoms. The molecule has 0 aromatic heterocycles. The molecule has 1 aromatic carbocycles. The Morgan fingerprint density at radius 2 is 1.93 bits per heavy atom. The van der Waals surface area contributed by atoms with E-state index >= 15 is 0 Å². The lowest BCUT2D eigenvalue weighted by Gasteiger charge is -2.18. The van der Waals surface area contributed by atoms with Crippen LogP contribution in [0.3, 0.4) is 0 Å². The van der Waals surface area contributed by atoms with Gasteiger partial charge in [0.2, 0.25) is 0 Å². The van der Waals surface area contributed by atoms with Gasteiger partial charge in [0.15, 0.2) is 0 Å². The number of halogens is 4. The monoisotopic (exact) mass is 267 g/mol. The number of aryl methyl sites for hydroxylation is 1. The average molecular weight is 268 g/mol. The van der Waals surface area contributed by atoms with Crippen LogP contribution in [0.15, 0.2) is 22.7 Å². The van der Waals surface area contributed by atoms with E-state index in [9.17, 15) is 13.2 Å². The Morgan fingerprint density at radius 1 is 1.36 bits per heavy atom. The van der Waals surface area contributed by atoms with Crippen LogP contribution in [0.25, 0.3) is 0 Å². The van der Waals surface area contributed by atoms with Crippen LogP contribution < -0.4 is 5.73 Å². The fraction of sp³-hybridized carbons (Fsp3) is 0.333. The largest absolute Gasteiger partial charge is 0.407 e. The maximum Gasteiger partial charge on any atom is 0.407 e. The van der Waals surface area contributed by atoms with E-state index in [1.807, 2.05) is 0 Å². The summed E-state index contributed by atoms with van der Waals surface area (Å²) in [5, 5.41) is 0. The lowest BCUT2D eigenvalue weighted by Crippen LogP contribution is -2.29. The van der Waals surface area contributed by atoms with Gasteiger partial charge in [0.05, 0.1) is 0 Å². The zero-order valence-corrected chi connectivity index (χ0v) is 8.98. The smallest absolute Gasteiger partial charge is 0.316 e. The fourth-order valence-electron chi connectivity index (χ4n) is 1.12. The lowest BCUT2D eigenvalue weighted by molar-refractivity contribution is -0.149. The minimum absolute atomic E-state index is 0.104. The van der Waals surface area contributed by atoms with Gasteiger partial charge in [-0.15, -0.1) is 0 Å². The molecule has 0 saturated carbocycles. The third kappa shape index (κ3) is 2.48. The quantitative estimate of drug-likeness (QED) is 0.830. The van der Waals surface area contributed by atoms with Gasteiger partial charge in [-0.1, -0.05) is 22.0 Å². The molecular weight excluding hydrogens is 259 g/mol. The summed E-state index contributed by atoms with van der Waals surface area (Å²) in [5.74, 6) is 0. The molecule has 0 aliphatic rings. The number of hydrogen-bond donors (Lipinski definition) is 1. The van der Waals surface area contributed by atoms with Crippen LogP contribution >= 0.6 is 15.9 Å². The first-order valence-corrected chi connectivity index (χ1v) is 4.70. The summed E-state index contributed by atoms with van der Waals surface area (Å²) < 4.78 is 37.5. The Morgan fingerprint density at radius 3 is 2.43 bits per heavy atom. The number of rotatable bonds is 1. The van der Waals surface area contributed by atoms with Crippen molar-refractivity contribution in [1.82, 2.24) is 0 Å². The molecule has 0 saturated heterocycles. The van der Waals surface area contributed by atoms with Gasteiger partial charge in [0.25, 0.3) is 0 Å². The van der Waals surface area contributed by atoms with E-state index in [4.69, 9.17) is 5.73 Å². The predicted octanol–water partition coefficient (Wildman–Crippen LogP) is 3.32. The van der Waals surface area contributed by atoms with Crippen molar-refractivity contribution in [2.75, 3.05) is 0 Å². The van der Waals surface area contributed by atoms with Gasteiger partial charge < -0.3 is 5.73 Å². The van der Waals surface area contributed by atoms with Gasteiger partial charge in [0, 0.05) is 4.47 Å². The fourth-order valence-corrected chi connectivity index (χ4v) is 1.50. The van der Waals surface area contributed by atoms with Crippen LogP contribution in [-0.2, 0) is 0 Å². The van der Waals surface area contributed by atoms with E-state index in [2.05, 4.69) is 15.9 Å². The molecule has 78 valence electrons. The number of benzene rings is 1. The van der Waals surface area contributed by atoms with E-state index in [-0.39, 0.29) is 5.56 Å². The van der Waals surface area contributed by atoms with Crippen molar-refractivity contribution < 1.29 is 13.2 Å². The van der Waals surface area contributed by atoms with Crippen molar-refractivity contribution in [3.63, 3.8) is 0 Å². The van der Waals surface area contributed by atoms with Crippen molar-refractivity contribution in [2.24, 2.45) is 5.73 Å². The third-order valence-electron chi connectivity index (χ3n) is 1.93. The molecule has 0 heterocycles. The molecule has 1 rings (SSSR count). The highest BCUT2D eigenvalue weighted by atomic mass is 79.9. The van der Waals surface area contributed by atoms with Crippen molar-refractivity contribution in [1.29, 1.82) is 0 Å². The van der Waals surface area contributed by atoms with Crippen LogP contribution in [0, 0.1) is 6.92 Å². The zero-order valence-electron chi connectivity index (χ0n) is 7.40. The minimum atomic E-state index is -4.40. The number of alkyl halides is 3. The molecule has 0 aliphatic heterocycles. The Balaban J connectivity index is 3.12. The van der Waals surface area contributed by atoms with E-state index in [1.165, 1.54) is 6.07 Å². The molecule has 0 unspecified atom stereocenters. The SMILES string of the molecule is Cc1ccc(Br)cc1[C@@H](N)C(F)(F)F. The van der Waals surface area contributed by atoms with E-state index < -0.39 is 12.2 Å². The Kier molecular flexibility index (Phi) is 3.21. The minimum Gasteiger partial charge on any atom is -0.316 e. The summed E-state index contributed by atoms with van der Waals surface area (Å²) in [6, 6.07) is 2.76. The molecule has 1 nitrogen and oxygen atoms in total. The van der Waals surface area contributed by atoms with Crippen LogP contribution in [0.1, 0.15) is 17.2 Å². The zero-order chi connectivity index (χ0) is 10.9. The molecule has 0 amide bonds. The molecule has 1 atom stereocenters. The standard InChI is InChI=1S/C9H9BrF3N/c1-5-2-3-6(10)4-7(5)8(14)9(11,12)13/h2-4,8H,14H2,1H3/t8-/m1/s1. The Labute approximate surface area is 88.2 Å². The molecule has 0 spiro atoms. The van der Waals surface area contributed by atoms with Crippen molar-refractivity contribution >= 4 is 15.9 Å². The van der Waals surface area contributed by atoms with Gasteiger partial charge in [0.1, 0.15) is 6.04 Å². The lowest BCUT2D eigenvalue weighted by atomic mass is 10.0. The second-order valence-electron chi connectivity index (χ2n) is 3.02. The summed E-state index contributed by atoms with van der Waals surface area (Å²) in [5.41, 5.74) is 5.74. The highest BCUT2D eigenvalue weighted by molar-refractivity contribution is 9.10. The van der Waals surface area contributed by atoms with Crippen molar-refractivity contribution in [2.45, 2.75) is 19.1 Å². The average Bonchev–Trinajstić information content (AvgIpc) is 2.06. The highest BCUT2D eigenvalue weighted by Gasteiger charge is 2.38. The Bertz CT molecular complexity index is 335. The normalized spacial score (nSPS) is 14.1. The molecule has 0 aliphatic carbocycles. The van der Waals surface area contributed by atoms with Gasteiger partial charge in [-0.3, -0.25) is 0 Å². The second kappa shape index (κ2) is 3.90. The van der Waals surface area contributed by atoms with Crippen molar-refractivity contribution in [3.05, 3.63) is 33.8 Å².